The van der Waals surface area contributed by atoms with E-state index < -0.39 is 27.3 Å². The number of hydrogen-bond donors (Lipinski definition) is 1. The third-order valence-electron chi connectivity index (χ3n) is 2.36. The Balaban J connectivity index is 2.39. The van der Waals surface area contributed by atoms with Crippen molar-refractivity contribution in [2.45, 2.75) is 31.7 Å². The van der Waals surface area contributed by atoms with E-state index in [0.29, 0.717) is 0 Å². The number of nitrogens with zero attached hydrogens (tertiary/aromatic N) is 1. The van der Waals surface area contributed by atoms with Crippen LogP contribution in [-0.4, -0.2) is 31.9 Å². The quantitative estimate of drug-likeness (QED) is 0.735. The molecule has 6 heteroatoms. The molecule has 1 fully saturated rings. The molecule has 0 radical (unpaired) electrons. The van der Waals surface area contributed by atoms with Gasteiger partial charge in [-0.25, -0.2) is 8.42 Å². The number of amides is 1. The Morgan fingerprint density at radius 3 is 2.53 bits per heavy atom. The van der Waals surface area contributed by atoms with Gasteiger partial charge >= 0.3 is 0 Å². The fraction of sp³-hybridized carbons (Fsp3) is 0.778. The lowest BCUT2D eigenvalue weighted by Gasteiger charge is -2.10. The number of rotatable bonds is 4. The first kappa shape index (κ1) is 12.0. The highest BCUT2D eigenvalue weighted by atomic mass is 32.2. The van der Waals surface area contributed by atoms with Gasteiger partial charge in [-0.3, -0.25) is 4.79 Å². The van der Waals surface area contributed by atoms with Crippen LogP contribution in [-0.2, 0) is 14.6 Å². The Bertz CT molecular complexity index is 363. The Kier molecular flexibility index (Phi) is 4.09. The summed E-state index contributed by atoms with van der Waals surface area (Å²) in [4.78, 5) is 11.3. The van der Waals surface area contributed by atoms with Crippen molar-refractivity contribution in [2.75, 3.05) is 11.5 Å². The van der Waals surface area contributed by atoms with Crippen LogP contribution in [0.25, 0.3) is 0 Å². The third kappa shape index (κ3) is 4.30. The van der Waals surface area contributed by atoms with E-state index in [1.807, 2.05) is 0 Å². The SMILES string of the molecule is N#CCS(=O)(=O)CC(=O)NC1CCCC1. The second-order valence-electron chi connectivity index (χ2n) is 3.74. The van der Waals surface area contributed by atoms with Crippen LogP contribution < -0.4 is 5.32 Å². The minimum absolute atomic E-state index is 0.120. The second-order valence-corrected chi connectivity index (χ2v) is 5.80. The fourth-order valence-electron chi connectivity index (χ4n) is 1.69. The number of nitrogens with one attached hydrogen (secondary N) is 1. The summed E-state index contributed by atoms with van der Waals surface area (Å²) in [6.07, 6.45) is 4.00. The highest BCUT2D eigenvalue weighted by Crippen LogP contribution is 2.17. The molecule has 1 amide bonds. The molecular formula is C9H14N2O3S. The van der Waals surface area contributed by atoms with Crippen LogP contribution in [0.1, 0.15) is 25.7 Å². The summed E-state index contributed by atoms with van der Waals surface area (Å²) in [6, 6.07) is 1.66. The number of hydrogen-bond acceptors (Lipinski definition) is 4. The lowest BCUT2D eigenvalue weighted by Crippen LogP contribution is -2.37. The van der Waals surface area contributed by atoms with Gasteiger partial charge in [0.1, 0.15) is 11.5 Å². The number of nitriles is 1. The van der Waals surface area contributed by atoms with Gasteiger partial charge in [0.25, 0.3) is 0 Å². The van der Waals surface area contributed by atoms with E-state index in [9.17, 15) is 13.2 Å². The summed E-state index contributed by atoms with van der Waals surface area (Å²) >= 11 is 0. The molecule has 1 saturated carbocycles. The molecule has 0 aromatic heterocycles. The predicted octanol–water partition coefficient (Wildman–Crippen LogP) is -0.0164. The van der Waals surface area contributed by atoms with Crippen LogP contribution in [0.4, 0.5) is 0 Å². The van der Waals surface area contributed by atoms with Gasteiger partial charge in [-0.1, -0.05) is 12.8 Å². The molecule has 84 valence electrons. The minimum atomic E-state index is -3.55. The molecule has 0 atom stereocenters. The highest BCUT2D eigenvalue weighted by Gasteiger charge is 2.21. The normalized spacial score (nSPS) is 17.3. The maximum Gasteiger partial charge on any atom is 0.235 e. The van der Waals surface area contributed by atoms with E-state index in [1.54, 1.807) is 0 Å². The van der Waals surface area contributed by atoms with E-state index in [0.717, 1.165) is 25.7 Å². The van der Waals surface area contributed by atoms with Crippen molar-refractivity contribution in [2.24, 2.45) is 0 Å². The summed E-state index contributed by atoms with van der Waals surface area (Å²) in [7, 11) is -3.55. The molecule has 0 aliphatic heterocycles. The molecule has 15 heavy (non-hydrogen) atoms. The predicted molar refractivity (Wildman–Crippen MR) is 54.7 cm³/mol. The van der Waals surface area contributed by atoms with E-state index in [-0.39, 0.29) is 6.04 Å². The van der Waals surface area contributed by atoms with Gasteiger partial charge in [0.2, 0.25) is 5.91 Å². The molecule has 0 aromatic carbocycles. The van der Waals surface area contributed by atoms with Crippen LogP contribution in [0.3, 0.4) is 0 Å². The number of sulfone groups is 1. The molecule has 1 N–H and O–H groups in total. The van der Waals surface area contributed by atoms with Gasteiger partial charge < -0.3 is 5.32 Å². The van der Waals surface area contributed by atoms with Crippen molar-refractivity contribution in [3.05, 3.63) is 0 Å². The number of carbonyl (C=O) groups excluding carboxylic acids is 1. The van der Waals surface area contributed by atoms with Gasteiger partial charge in [0.15, 0.2) is 9.84 Å². The average Bonchev–Trinajstić information content (AvgIpc) is 2.54. The molecular weight excluding hydrogens is 216 g/mol. The first-order valence-electron chi connectivity index (χ1n) is 4.90. The van der Waals surface area contributed by atoms with E-state index in [4.69, 9.17) is 5.26 Å². The zero-order valence-corrected chi connectivity index (χ0v) is 9.22. The van der Waals surface area contributed by atoms with Crippen molar-refractivity contribution in [3.8, 4) is 6.07 Å². The summed E-state index contributed by atoms with van der Waals surface area (Å²) < 4.78 is 22.3. The van der Waals surface area contributed by atoms with Crippen molar-refractivity contribution in [1.29, 1.82) is 5.26 Å². The molecule has 0 unspecified atom stereocenters. The maximum absolute atomic E-state index is 11.3. The Labute approximate surface area is 89.4 Å². The van der Waals surface area contributed by atoms with E-state index in [2.05, 4.69) is 5.32 Å². The maximum atomic E-state index is 11.3. The summed E-state index contributed by atoms with van der Waals surface area (Å²) in [5, 5.41) is 10.9. The Morgan fingerprint density at radius 1 is 1.40 bits per heavy atom. The van der Waals surface area contributed by atoms with Crippen molar-refractivity contribution >= 4 is 15.7 Å². The van der Waals surface area contributed by atoms with E-state index >= 15 is 0 Å². The smallest absolute Gasteiger partial charge is 0.235 e. The van der Waals surface area contributed by atoms with Crippen LogP contribution >= 0.6 is 0 Å². The van der Waals surface area contributed by atoms with Gasteiger partial charge in [0.05, 0.1) is 6.07 Å². The minimum Gasteiger partial charge on any atom is -0.352 e. The molecule has 1 aliphatic rings. The molecule has 0 spiro atoms. The summed E-state index contributed by atoms with van der Waals surface area (Å²) in [6.45, 7) is 0. The van der Waals surface area contributed by atoms with Crippen LogP contribution in [0.2, 0.25) is 0 Å². The van der Waals surface area contributed by atoms with Crippen LogP contribution in [0.5, 0.6) is 0 Å². The van der Waals surface area contributed by atoms with Crippen molar-refractivity contribution < 1.29 is 13.2 Å². The molecule has 0 bridgehead atoms. The lowest BCUT2D eigenvalue weighted by atomic mass is 10.2. The molecule has 1 aliphatic carbocycles. The molecule has 5 nitrogen and oxygen atoms in total. The van der Waals surface area contributed by atoms with Gasteiger partial charge in [0, 0.05) is 6.04 Å². The van der Waals surface area contributed by atoms with Gasteiger partial charge in [-0.2, -0.15) is 5.26 Å². The van der Waals surface area contributed by atoms with Gasteiger partial charge in [-0.15, -0.1) is 0 Å². The lowest BCUT2D eigenvalue weighted by molar-refractivity contribution is -0.119. The van der Waals surface area contributed by atoms with E-state index in [1.165, 1.54) is 6.07 Å². The number of carbonyl (C=O) groups is 1. The van der Waals surface area contributed by atoms with Crippen LogP contribution in [0, 0.1) is 11.3 Å². The van der Waals surface area contributed by atoms with Crippen LogP contribution in [0.15, 0.2) is 0 Å². The Hall–Kier alpha value is -1.09. The second kappa shape index (κ2) is 5.12. The monoisotopic (exact) mass is 230 g/mol. The fourth-order valence-corrected chi connectivity index (χ4v) is 2.47. The summed E-state index contributed by atoms with van der Waals surface area (Å²) in [5.41, 5.74) is 0. The molecule has 0 heterocycles. The zero-order valence-electron chi connectivity index (χ0n) is 8.40. The standard InChI is InChI=1S/C9H14N2O3S/c10-5-6-15(13,14)7-9(12)11-8-3-1-2-4-8/h8H,1-4,6-7H2,(H,11,12). The highest BCUT2D eigenvalue weighted by molar-refractivity contribution is 7.92. The topological polar surface area (TPSA) is 87.0 Å². The summed E-state index contributed by atoms with van der Waals surface area (Å²) in [5.74, 6) is -1.65. The largest absolute Gasteiger partial charge is 0.352 e. The first-order valence-corrected chi connectivity index (χ1v) is 6.72. The molecule has 0 saturated heterocycles. The first-order chi connectivity index (χ1) is 7.03. The zero-order chi connectivity index (χ0) is 11.3. The van der Waals surface area contributed by atoms with Gasteiger partial charge in [-0.05, 0) is 12.8 Å². The molecule has 1 rings (SSSR count). The average molecular weight is 230 g/mol. The Morgan fingerprint density at radius 2 is 2.00 bits per heavy atom. The molecule has 0 aromatic rings. The van der Waals surface area contributed by atoms with Crippen molar-refractivity contribution in [3.63, 3.8) is 0 Å². The third-order valence-corrected chi connectivity index (χ3v) is 3.63. The van der Waals surface area contributed by atoms with Crippen molar-refractivity contribution in [1.82, 2.24) is 5.32 Å².